The molecule has 0 radical (unpaired) electrons. The summed E-state index contributed by atoms with van der Waals surface area (Å²) in [6, 6.07) is 7.83. The fourth-order valence-electron chi connectivity index (χ4n) is 2.88. The van der Waals surface area contributed by atoms with Crippen molar-refractivity contribution < 1.29 is 13.2 Å². The van der Waals surface area contributed by atoms with Gasteiger partial charge in [0.05, 0.1) is 18.1 Å². The van der Waals surface area contributed by atoms with E-state index in [1.807, 2.05) is 24.3 Å². The van der Waals surface area contributed by atoms with Gasteiger partial charge in [0, 0.05) is 18.3 Å². The number of carbonyl (C=O) groups excluding carboxylic acids is 1. The zero-order valence-electron chi connectivity index (χ0n) is 11.2. The monoisotopic (exact) mass is 294 g/mol. The maximum atomic E-state index is 12.2. The van der Waals surface area contributed by atoms with Crippen LogP contribution in [0, 0.1) is 0 Å². The Labute approximate surface area is 118 Å². The van der Waals surface area contributed by atoms with Crippen LogP contribution in [0.1, 0.15) is 12.0 Å². The molecule has 0 saturated carbocycles. The smallest absolute Gasteiger partial charge is 0.240 e. The van der Waals surface area contributed by atoms with Crippen LogP contribution in [0.5, 0.6) is 0 Å². The lowest BCUT2D eigenvalue weighted by Gasteiger charge is -2.19. The molecule has 1 amide bonds. The van der Waals surface area contributed by atoms with Gasteiger partial charge in [-0.2, -0.15) is 0 Å². The molecule has 2 aliphatic rings. The molecule has 1 unspecified atom stereocenters. The van der Waals surface area contributed by atoms with Crippen LogP contribution in [0.25, 0.3) is 0 Å². The molecule has 1 aromatic carbocycles. The largest absolute Gasteiger partial charge is 0.311 e. The van der Waals surface area contributed by atoms with Crippen LogP contribution in [0.3, 0.4) is 0 Å². The van der Waals surface area contributed by atoms with Crippen LogP contribution in [0.15, 0.2) is 24.3 Å². The van der Waals surface area contributed by atoms with Gasteiger partial charge in [0.25, 0.3) is 0 Å². The molecule has 0 aliphatic carbocycles. The Balaban J connectivity index is 1.59. The standard InChI is InChI=1S/C14H18N2O3S/c17-14(9-15-12-6-8-20(18,19)10-12)16-7-5-11-3-1-2-4-13(11)16/h1-4,12,15H,5-10H2. The van der Waals surface area contributed by atoms with E-state index in [4.69, 9.17) is 0 Å². The molecule has 2 aliphatic heterocycles. The summed E-state index contributed by atoms with van der Waals surface area (Å²) in [6.45, 7) is 0.914. The summed E-state index contributed by atoms with van der Waals surface area (Å²) in [5.74, 6) is 0.390. The first-order valence-electron chi connectivity index (χ1n) is 6.87. The highest BCUT2D eigenvalue weighted by atomic mass is 32.2. The summed E-state index contributed by atoms with van der Waals surface area (Å²) in [6.07, 6.45) is 1.49. The van der Waals surface area contributed by atoms with Crippen molar-refractivity contribution in [3.8, 4) is 0 Å². The van der Waals surface area contributed by atoms with Gasteiger partial charge in [-0.3, -0.25) is 4.79 Å². The molecule has 5 nitrogen and oxygen atoms in total. The molecular weight excluding hydrogens is 276 g/mol. The number of hydrogen-bond donors (Lipinski definition) is 1. The van der Waals surface area contributed by atoms with Gasteiger partial charge in [0.2, 0.25) is 5.91 Å². The highest BCUT2D eigenvalue weighted by Crippen LogP contribution is 2.27. The van der Waals surface area contributed by atoms with E-state index >= 15 is 0 Å². The van der Waals surface area contributed by atoms with E-state index in [9.17, 15) is 13.2 Å². The maximum absolute atomic E-state index is 12.2. The van der Waals surface area contributed by atoms with E-state index in [2.05, 4.69) is 5.32 Å². The number of rotatable bonds is 3. The van der Waals surface area contributed by atoms with Crippen molar-refractivity contribution in [2.75, 3.05) is 29.5 Å². The van der Waals surface area contributed by atoms with Gasteiger partial charge in [-0.25, -0.2) is 8.42 Å². The van der Waals surface area contributed by atoms with E-state index < -0.39 is 9.84 Å². The number of anilines is 1. The average Bonchev–Trinajstić information content (AvgIpc) is 2.99. The molecule has 0 bridgehead atoms. The summed E-state index contributed by atoms with van der Waals surface area (Å²) in [5.41, 5.74) is 2.18. The second-order valence-corrected chi connectivity index (χ2v) is 7.63. The van der Waals surface area contributed by atoms with Crippen LogP contribution in [0.4, 0.5) is 5.69 Å². The van der Waals surface area contributed by atoms with E-state index in [-0.39, 0.29) is 30.0 Å². The Morgan fingerprint density at radius 2 is 2.15 bits per heavy atom. The van der Waals surface area contributed by atoms with Crippen molar-refractivity contribution in [1.82, 2.24) is 5.32 Å². The Morgan fingerprint density at radius 1 is 1.35 bits per heavy atom. The molecule has 1 N–H and O–H groups in total. The number of amides is 1. The van der Waals surface area contributed by atoms with Crippen molar-refractivity contribution in [3.63, 3.8) is 0 Å². The third kappa shape index (κ3) is 2.71. The van der Waals surface area contributed by atoms with Gasteiger partial charge in [0.15, 0.2) is 9.84 Å². The first-order chi connectivity index (χ1) is 9.55. The molecule has 0 aromatic heterocycles. The van der Waals surface area contributed by atoms with Gasteiger partial charge in [-0.15, -0.1) is 0 Å². The van der Waals surface area contributed by atoms with Crippen LogP contribution in [-0.4, -0.2) is 45.0 Å². The van der Waals surface area contributed by atoms with E-state index in [0.717, 1.165) is 12.1 Å². The van der Waals surface area contributed by atoms with Gasteiger partial charge in [-0.1, -0.05) is 18.2 Å². The minimum atomic E-state index is -2.90. The Kier molecular flexibility index (Phi) is 3.52. The number of carbonyl (C=O) groups is 1. The molecule has 20 heavy (non-hydrogen) atoms. The molecule has 6 heteroatoms. The predicted molar refractivity (Wildman–Crippen MR) is 77.6 cm³/mol. The Hall–Kier alpha value is -1.40. The zero-order valence-corrected chi connectivity index (χ0v) is 12.0. The first kappa shape index (κ1) is 13.6. The summed E-state index contributed by atoms with van der Waals surface area (Å²) >= 11 is 0. The molecule has 108 valence electrons. The number of nitrogens with zero attached hydrogens (tertiary/aromatic N) is 1. The predicted octanol–water partition coefficient (Wildman–Crippen LogP) is 0.352. The first-order valence-corrected chi connectivity index (χ1v) is 8.69. The van der Waals surface area contributed by atoms with Crippen molar-refractivity contribution >= 4 is 21.4 Å². The minimum absolute atomic E-state index is 0.0132. The third-order valence-corrected chi connectivity index (χ3v) is 5.73. The highest BCUT2D eigenvalue weighted by molar-refractivity contribution is 7.91. The Morgan fingerprint density at radius 3 is 2.90 bits per heavy atom. The number of fused-ring (bicyclic) bond motifs is 1. The van der Waals surface area contributed by atoms with E-state index in [1.165, 1.54) is 5.56 Å². The second kappa shape index (κ2) is 5.18. The number of para-hydroxylation sites is 1. The molecule has 1 saturated heterocycles. The maximum Gasteiger partial charge on any atom is 0.240 e. The topological polar surface area (TPSA) is 66.5 Å². The Bertz CT molecular complexity index is 627. The molecule has 1 fully saturated rings. The molecule has 3 rings (SSSR count). The van der Waals surface area contributed by atoms with Gasteiger partial charge >= 0.3 is 0 Å². The van der Waals surface area contributed by atoms with Crippen LogP contribution < -0.4 is 10.2 Å². The number of sulfone groups is 1. The third-order valence-electron chi connectivity index (χ3n) is 3.96. The van der Waals surface area contributed by atoms with Gasteiger partial charge < -0.3 is 10.2 Å². The van der Waals surface area contributed by atoms with Gasteiger partial charge in [0.1, 0.15) is 0 Å². The lowest BCUT2D eigenvalue weighted by atomic mass is 10.2. The lowest BCUT2D eigenvalue weighted by molar-refractivity contribution is -0.117. The highest BCUT2D eigenvalue weighted by Gasteiger charge is 2.29. The lowest BCUT2D eigenvalue weighted by Crippen LogP contribution is -2.41. The molecule has 1 aromatic rings. The van der Waals surface area contributed by atoms with Gasteiger partial charge in [-0.05, 0) is 24.5 Å². The fraction of sp³-hybridized carbons (Fsp3) is 0.500. The zero-order chi connectivity index (χ0) is 14.2. The molecular formula is C14H18N2O3S. The van der Waals surface area contributed by atoms with E-state index in [1.54, 1.807) is 4.90 Å². The minimum Gasteiger partial charge on any atom is -0.311 e. The van der Waals surface area contributed by atoms with Crippen LogP contribution >= 0.6 is 0 Å². The van der Waals surface area contributed by atoms with Crippen molar-refractivity contribution in [2.45, 2.75) is 18.9 Å². The van der Waals surface area contributed by atoms with E-state index in [0.29, 0.717) is 13.0 Å². The number of nitrogens with one attached hydrogen (secondary N) is 1. The molecule has 0 spiro atoms. The number of hydrogen-bond acceptors (Lipinski definition) is 4. The van der Waals surface area contributed by atoms with Crippen molar-refractivity contribution in [2.24, 2.45) is 0 Å². The van der Waals surface area contributed by atoms with Crippen LogP contribution in [-0.2, 0) is 21.1 Å². The van der Waals surface area contributed by atoms with Crippen LogP contribution in [0.2, 0.25) is 0 Å². The van der Waals surface area contributed by atoms with Crippen molar-refractivity contribution in [3.05, 3.63) is 29.8 Å². The molecule has 1 atom stereocenters. The average molecular weight is 294 g/mol. The number of benzene rings is 1. The fourth-order valence-corrected chi connectivity index (χ4v) is 4.59. The quantitative estimate of drug-likeness (QED) is 0.874. The SMILES string of the molecule is O=C(CNC1CCS(=O)(=O)C1)N1CCc2ccccc21. The van der Waals surface area contributed by atoms with Crippen molar-refractivity contribution in [1.29, 1.82) is 0 Å². The molecule has 2 heterocycles. The second-order valence-electron chi connectivity index (χ2n) is 5.40. The summed E-state index contributed by atoms with van der Waals surface area (Å²) in [4.78, 5) is 14.0. The summed E-state index contributed by atoms with van der Waals surface area (Å²) in [7, 11) is -2.90. The summed E-state index contributed by atoms with van der Waals surface area (Å²) < 4.78 is 22.7. The normalized spacial score (nSPS) is 23.8. The summed E-state index contributed by atoms with van der Waals surface area (Å²) in [5, 5.41) is 3.07.